The minimum absolute atomic E-state index is 0.101. The van der Waals surface area contributed by atoms with Gasteiger partial charge in [0.05, 0.1) is 18.1 Å². The van der Waals surface area contributed by atoms with E-state index in [9.17, 15) is 9.59 Å². The lowest BCUT2D eigenvalue weighted by molar-refractivity contribution is -0.119. The van der Waals surface area contributed by atoms with Crippen LogP contribution in [0.25, 0.3) is 0 Å². The molecule has 110 valence electrons. The van der Waals surface area contributed by atoms with Gasteiger partial charge in [-0.25, -0.2) is 4.79 Å². The summed E-state index contributed by atoms with van der Waals surface area (Å²) in [7, 11) is 0. The molecule has 0 aliphatic rings. The summed E-state index contributed by atoms with van der Waals surface area (Å²) in [5.41, 5.74) is 6.65. The van der Waals surface area contributed by atoms with E-state index in [0.29, 0.717) is 30.8 Å². The largest absolute Gasteiger partial charge is 0.462 e. The van der Waals surface area contributed by atoms with Gasteiger partial charge in [-0.15, -0.1) is 0 Å². The number of carbonyl (C=O) groups is 2. The molecule has 0 fully saturated rings. The zero-order chi connectivity index (χ0) is 15.0. The molecule has 5 nitrogen and oxygen atoms in total. The molecule has 0 saturated carbocycles. The van der Waals surface area contributed by atoms with Crippen LogP contribution in [0.2, 0.25) is 0 Å². The van der Waals surface area contributed by atoms with Crippen LogP contribution in [0.15, 0.2) is 24.3 Å². The Labute approximate surface area is 119 Å². The predicted molar refractivity (Wildman–Crippen MR) is 78.5 cm³/mol. The molecule has 1 aromatic rings. The first-order valence-electron chi connectivity index (χ1n) is 6.90. The molecule has 1 atom stereocenters. The van der Waals surface area contributed by atoms with E-state index in [-0.39, 0.29) is 17.8 Å². The Morgan fingerprint density at radius 3 is 2.40 bits per heavy atom. The number of hydrogen-bond acceptors (Lipinski definition) is 4. The van der Waals surface area contributed by atoms with Gasteiger partial charge >= 0.3 is 5.97 Å². The Hall–Kier alpha value is -1.88. The first-order chi connectivity index (χ1) is 9.62. The van der Waals surface area contributed by atoms with Crippen molar-refractivity contribution < 1.29 is 14.3 Å². The monoisotopic (exact) mass is 278 g/mol. The Morgan fingerprint density at radius 2 is 1.90 bits per heavy atom. The minimum Gasteiger partial charge on any atom is -0.462 e. The van der Waals surface area contributed by atoms with Crippen LogP contribution in [0.1, 0.15) is 37.0 Å². The summed E-state index contributed by atoms with van der Waals surface area (Å²) in [5, 5.41) is 2.78. The number of nitrogens with one attached hydrogen (secondary N) is 1. The number of esters is 1. The van der Waals surface area contributed by atoms with E-state index in [2.05, 4.69) is 5.32 Å². The normalized spacial score (nSPS) is 11.8. The Balaban J connectivity index is 2.62. The highest BCUT2D eigenvalue weighted by molar-refractivity contribution is 5.94. The van der Waals surface area contributed by atoms with Crippen molar-refractivity contribution in [3.8, 4) is 0 Å². The van der Waals surface area contributed by atoms with Crippen LogP contribution in [-0.4, -0.2) is 25.0 Å². The summed E-state index contributed by atoms with van der Waals surface area (Å²) in [6, 6.07) is 6.64. The molecule has 0 aliphatic carbocycles. The van der Waals surface area contributed by atoms with E-state index < -0.39 is 0 Å². The molecular formula is C15H22N2O3. The second-order valence-corrected chi connectivity index (χ2v) is 4.54. The summed E-state index contributed by atoms with van der Waals surface area (Å²) in [6.07, 6.45) is 1.49. The summed E-state index contributed by atoms with van der Waals surface area (Å²) in [5.74, 6) is -0.640. The van der Waals surface area contributed by atoms with Crippen LogP contribution >= 0.6 is 0 Å². The zero-order valence-corrected chi connectivity index (χ0v) is 12.0. The molecule has 5 heteroatoms. The molecule has 1 amide bonds. The number of anilines is 1. The van der Waals surface area contributed by atoms with Crippen molar-refractivity contribution in [2.75, 3.05) is 18.5 Å². The summed E-state index contributed by atoms with van der Waals surface area (Å²) < 4.78 is 5.03. The molecule has 0 bridgehead atoms. The molecule has 0 heterocycles. The van der Waals surface area contributed by atoms with E-state index in [1.54, 1.807) is 24.3 Å². The molecule has 0 aliphatic heterocycles. The summed E-state index contributed by atoms with van der Waals surface area (Å²) in [6.45, 7) is 4.59. The van der Waals surface area contributed by atoms with Crippen LogP contribution in [-0.2, 0) is 9.53 Å². The van der Waals surface area contributed by atoms with Gasteiger partial charge in [0, 0.05) is 12.2 Å². The number of amides is 1. The predicted octanol–water partition coefficient (Wildman–Crippen LogP) is 2.18. The second kappa shape index (κ2) is 8.32. The third kappa shape index (κ3) is 4.66. The number of ether oxygens (including phenoxy) is 1. The second-order valence-electron chi connectivity index (χ2n) is 4.54. The van der Waals surface area contributed by atoms with Gasteiger partial charge in [0.2, 0.25) is 5.91 Å². The lowest BCUT2D eigenvalue weighted by atomic mass is 10.1. The van der Waals surface area contributed by atoms with Crippen LogP contribution in [0.5, 0.6) is 0 Å². The van der Waals surface area contributed by atoms with E-state index in [4.69, 9.17) is 10.5 Å². The molecule has 0 radical (unpaired) electrons. The fourth-order valence-electron chi connectivity index (χ4n) is 1.67. The Kier molecular flexibility index (Phi) is 6.73. The Bertz CT molecular complexity index is 439. The topological polar surface area (TPSA) is 81.4 Å². The van der Waals surface area contributed by atoms with Crippen molar-refractivity contribution in [3.63, 3.8) is 0 Å². The van der Waals surface area contributed by atoms with Gasteiger partial charge in [0.1, 0.15) is 0 Å². The Morgan fingerprint density at radius 1 is 1.25 bits per heavy atom. The van der Waals surface area contributed by atoms with E-state index >= 15 is 0 Å². The SMILES string of the molecule is CCCOC(=O)c1ccc(NC(=O)C(CC)CN)cc1. The minimum atomic E-state index is -0.349. The number of carbonyl (C=O) groups excluding carboxylic acids is 2. The van der Waals surface area contributed by atoms with Crippen molar-refractivity contribution in [1.82, 2.24) is 0 Å². The molecule has 1 aromatic carbocycles. The molecule has 0 spiro atoms. The standard InChI is InChI=1S/C15H22N2O3/c1-3-9-20-15(19)12-5-7-13(8-6-12)17-14(18)11(4-2)10-16/h5-8,11H,3-4,9-10,16H2,1-2H3,(H,17,18). The van der Waals surface area contributed by atoms with Crippen molar-refractivity contribution in [1.29, 1.82) is 0 Å². The van der Waals surface area contributed by atoms with Crippen molar-refractivity contribution in [2.45, 2.75) is 26.7 Å². The van der Waals surface area contributed by atoms with Crippen LogP contribution < -0.4 is 11.1 Å². The maximum absolute atomic E-state index is 11.9. The quantitative estimate of drug-likeness (QED) is 0.749. The van der Waals surface area contributed by atoms with Gasteiger partial charge in [0.25, 0.3) is 0 Å². The first-order valence-corrected chi connectivity index (χ1v) is 6.90. The fourth-order valence-corrected chi connectivity index (χ4v) is 1.67. The van der Waals surface area contributed by atoms with Crippen molar-refractivity contribution >= 4 is 17.6 Å². The van der Waals surface area contributed by atoms with E-state index in [1.165, 1.54) is 0 Å². The molecule has 3 N–H and O–H groups in total. The molecule has 0 aromatic heterocycles. The van der Waals surface area contributed by atoms with Crippen LogP contribution in [0.4, 0.5) is 5.69 Å². The van der Waals surface area contributed by atoms with Crippen molar-refractivity contribution in [2.24, 2.45) is 11.7 Å². The van der Waals surface area contributed by atoms with E-state index in [1.807, 2.05) is 13.8 Å². The maximum atomic E-state index is 11.9. The maximum Gasteiger partial charge on any atom is 0.338 e. The van der Waals surface area contributed by atoms with Gasteiger partial charge in [-0.1, -0.05) is 13.8 Å². The number of hydrogen-bond donors (Lipinski definition) is 2. The van der Waals surface area contributed by atoms with E-state index in [0.717, 1.165) is 6.42 Å². The van der Waals surface area contributed by atoms with Gasteiger partial charge in [-0.3, -0.25) is 4.79 Å². The lowest BCUT2D eigenvalue weighted by Gasteiger charge is -2.12. The van der Waals surface area contributed by atoms with Gasteiger partial charge in [-0.05, 0) is 37.1 Å². The van der Waals surface area contributed by atoms with Crippen molar-refractivity contribution in [3.05, 3.63) is 29.8 Å². The highest BCUT2D eigenvalue weighted by Crippen LogP contribution is 2.13. The highest BCUT2D eigenvalue weighted by Gasteiger charge is 2.14. The molecule has 1 unspecified atom stereocenters. The van der Waals surface area contributed by atoms with Gasteiger partial charge < -0.3 is 15.8 Å². The molecular weight excluding hydrogens is 256 g/mol. The van der Waals surface area contributed by atoms with Crippen LogP contribution in [0.3, 0.4) is 0 Å². The summed E-state index contributed by atoms with van der Waals surface area (Å²) in [4.78, 5) is 23.5. The zero-order valence-electron chi connectivity index (χ0n) is 12.0. The average molecular weight is 278 g/mol. The highest BCUT2D eigenvalue weighted by atomic mass is 16.5. The number of benzene rings is 1. The molecule has 1 rings (SSSR count). The molecule has 20 heavy (non-hydrogen) atoms. The van der Waals surface area contributed by atoms with Crippen LogP contribution in [0, 0.1) is 5.92 Å². The molecule has 0 saturated heterocycles. The number of rotatable bonds is 7. The number of nitrogens with two attached hydrogens (primary N) is 1. The third-order valence-electron chi connectivity index (χ3n) is 2.97. The van der Waals surface area contributed by atoms with Gasteiger partial charge in [-0.2, -0.15) is 0 Å². The third-order valence-corrected chi connectivity index (χ3v) is 2.97. The fraction of sp³-hybridized carbons (Fsp3) is 0.467. The lowest BCUT2D eigenvalue weighted by Crippen LogP contribution is -2.28. The average Bonchev–Trinajstić information content (AvgIpc) is 2.46. The van der Waals surface area contributed by atoms with Gasteiger partial charge in [0.15, 0.2) is 0 Å². The summed E-state index contributed by atoms with van der Waals surface area (Å²) >= 11 is 0. The first kappa shape index (κ1) is 16.2. The smallest absolute Gasteiger partial charge is 0.338 e.